The number of ether oxygens (including phenoxy) is 1. The minimum atomic E-state index is -0.671. The Kier molecular flexibility index (Phi) is 9.25. The number of nitrogens with zero attached hydrogens (tertiary/aromatic N) is 4. The Labute approximate surface area is 245 Å². The summed E-state index contributed by atoms with van der Waals surface area (Å²) in [5.41, 5.74) is 10.6. The molecular weight excluding hydrogens is 538 g/mol. The van der Waals surface area contributed by atoms with Crippen LogP contribution in [-0.4, -0.2) is 43.6 Å². The number of aromatic nitrogens is 2. The van der Waals surface area contributed by atoms with E-state index in [1.165, 1.54) is 36.4 Å². The number of rotatable bonds is 5. The lowest BCUT2D eigenvalue weighted by Gasteiger charge is -2.58. The zero-order valence-corrected chi connectivity index (χ0v) is 25.1. The molecule has 2 aliphatic carbocycles. The van der Waals surface area contributed by atoms with Gasteiger partial charge in [0, 0.05) is 23.1 Å². The van der Waals surface area contributed by atoms with Gasteiger partial charge in [0.25, 0.3) is 5.56 Å². The number of phenolic OH excluding ortho intramolecular Hbond substituents is 2. The summed E-state index contributed by atoms with van der Waals surface area (Å²) in [4.78, 5) is 27.8. The molecule has 2 fully saturated rings. The van der Waals surface area contributed by atoms with Crippen molar-refractivity contribution in [3.63, 3.8) is 0 Å². The van der Waals surface area contributed by atoms with Crippen LogP contribution in [0.4, 0.5) is 0 Å². The molecule has 1 saturated carbocycles. The van der Waals surface area contributed by atoms with Crippen LogP contribution in [0.1, 0.15) is 77.2 Å². The number of aromatic amines is 1. The highest BCUT2D eigenvalue weighted by molar-refractivity contribution is 5.40. The summed E-state index contributed by atoms with van der Waals surface area (Å²) < 4.78 is 6.69. The van der Waals surface area contributed by atoms with Gasteiger partial charge in [-0.2, -0.15) is 0 Å². The molecule has 1 aromatic carbocycles. The van der Waals surface area contributed by atoms with E-state index in [0.717, 1.165) is 12.0 Å². The Bertz CT molecular complexity index is 1490. The second-order valence-corrected chi connectivity index (χ2v) is 12.7. The maximum Gasteiger partial charge on any atom is 0.330 e. The summed E-state index contributed by atoms with van der Waals surface area (Å²) in [5.74, 6) is 1.80. The van der Waals surface area contributed by atoms with Gasteiger partial charge in [-0.15, -0.1) is 0 Å². The molecule has 5 rings (SSSR count). The smallest absolute Gasteiger partial charge is 0.330 e. The maximum atomic E-state index is 11.7. The lowest BCUT2D eigenvalue weighted by molar-refractivity contribution is -0.0412. The molecule has 0 spiro atoms. The second kappa shape index (κ2) is 12.4. The summed E-state index contributed by atoms with van der Waals surface area (Å²) in [5, 5.41) is 32.7. The molecule has 0 radical (unpaired) electrons. The van der Waals surface area contributed by atoms with E-state index in [-0.39, 0.29) is 29.6 Å². The molecule has 0 bridgehead atoms. The Morgan fingerprint density at radius 3 is 2.64 bits per heavy atom. The van der Waals surface area contributed by atoms with E-state index in [2.05, 4.69) is 48.8 Å². The molecular formula is C31H43N5O6. The highest BCUT2D eigenvalue weighted by Crippen LogP contribution is 2.61. The number of phenols is 2. The zero-order chi connectivity index (χ0) is 30.8. The standard InChI is InChI=1S/C21H30O2.C10H13N5O4/c1-14-6-5-7-19-20(14,3)11-10-15(2)21(19,4)13-16-12-17(22)8-9-18(16)23;1-5-3-15(10(18)12-9(5)17)8-2-6(13-14-11)7(4-16)19-8/h6,8-9,12,15,19,22-23H,5,7,10-11,13H2,1-4H3;3,6-8,16H,2,4H2,1H3,(H,12,17,18)/t15-,19+,20+,21+;6-,7+,8+/m00/s1. The van der Waals surface area contributed by atoms with Crippen LogP contribution in [0.2, 0.25) is 0 Å². The summed E-state index contributed by atoms with van der Waals surface area (Å²) >= 11 is 0. The van der Waals surface area contributed by atoms with Gasteiger partial charge in [0.05, 0.1) is 18.8 Å². The third-order valence-electron chi connectivity index (χ3n) is 10.3. The van der Waals surface area contributed by atoms with Crippen molar-refractivity contribution in [2.24, 2.45) is 27.8 Å². The molecule has 11 heteroatoms. The number of fused-ring (bicyclic) bond motifs is 1. The quantitative estimate of drug-likeness (QED) is 0.123. The highest BCUT2D eigenvalue weighted by atomic mass is 16.5. The van der Waals surface area contributed by atoms with Crippen LogP contribution >= 0.6 is 0 Å². The normalized spacial score (nSPS) is 32.1. The number of hydrogen-bond acceptors (Lipinski definition) is 7. The molecule has 7 atom stereocenters. The molecule has 3 aliphatic rings. The Hall–Kier alpha value is -3.53. The number of aliphatic hydroxyl groups is 1. The van der Waals surface area contributed by atoms with Crippen molar-refractivity contribution < 1.29 is 20.1 Å². The van der Waals surface area contributed by atoms with Crippen LogP contribution in [0, 0.1) is 29.6 Å². The van der Waals surface area contributed by atoms with Crippen LogP contribution in [0.25, 0.3) is 10.4 Å². The monoisotopic (exact) mass is 581 g/mol. The van der Waals surface area contributed by atoms with Gasteiger partial charge in [0.15, 0.2) is 0 Å². The summed E-state index contributed by atoms with van der Waals surface area (Å²) in [7, 11) is 0. The Morgan fingerprint density at radius 1 is 1.21 bits per heavy atom. The van der Waals surface area contributed by atoms with Gasteiger partial charge in [0.1, 0.15) is 17.7 Å². The van der Waals surface area contributed by atoms with E-state index in [4.69, 9.17) is 15.4 Å². The van der Waals surface area contributed by atoms with Crippen molar-refractivity contribution in [1.82, 2.24) is 9.55 Å². The molecule has 1 aliphatic heterocycles. The SMILES string of the molecule is CC1=CCC[C@H]2[C@](C)(Cc3cc(O)ccc3O)[C@@H](C)CC[C@]12C.Cc1cn([C@H]2C[C@H](N=[N+]=[N-])[C@@H](CO)O2)c(=O)[nH]c1=O. The molecule has 1 saturated heterocycles. The topological polar surface area (TPSA) is 174 Å². The van der Waals surface area contributed by atoms with Gasteiger partial charge in [-0.05, 0) is 97.9 Å². The number of azide groups is 1. The van der Waals surface area contributed by atoms with Gasteiger partial charge in [-0.1, -0.05) is 37.5 Å². The average Bonchev–Trinajstić information content (AvgIpc) is 3.35. The van der Waals surface area contributed by atoms with E-state index >= 15 is 0 Å². The van der Waals surface area contributed by atoms with E-state index in [1.807, 2.05) is 0 Å². The minimum Gasteiger partial charge on any atom is -0.508 e. The molecule has 11 nitrogen and oxygen atoms in total. The van der Waals surface area contributed by atoms with E-state index < -0.39 is 29.6 Å². The third-order valence-corrected chi connectivity index (χ3v) is 10.3. The molecule has 2 heterocycles. The van der Waals surface area contributed by atoms with Crippen LogP contribution in [0.3, 0.4) is 0 Å². The van der Waals surface area contributed by atoms with Gasteiger partial charge in [0.2, 0.25) is 0 Å². The fourth-order valence-electron chi connectivity index (χ4n) is 7.37. The fourth-order valence-corrected chi connectivity index (χ4v) is 7.37. The summed E-state index contributed by atoms with van der Waals surface area (Å²) in [6.07, 6.45) is 8.49. The number of hydrogen-bond donors (Lipinski definition) is 4. The average molecular weight is 582 g/mol. The molecule has 2 aromatic rings. The molecule has 42 heavy (non-hydrogen) atoms. The van der Waals surface area contributed by atoms with Crippen LogP contribution < -0.4 is 11.2 Å². The number of allylic oxidation sites excluding steroid dienone is 2. The first kappa shape index (κ1) is 31.4. The number of aliphatic hydroxyl groups excluding tert-OH is 1. The van der Waals surface area contributed by atoms with Crippen molar-refractivity contribution in [3.8, 4) is 11.5 Å². The predicted molar refractivity (Wildman–Crippen MR) is 159 cm³/mol. The summed E-state index contributed by atoms with van der Waals surface area (Å²) in [6.45, 7) is 10.8. The van der Waals surface area contributed by atoms with Gasteiger partial charge < -0.3 is 20.1 Å². The van der Waals surface area contributed by atoms with Gasteiger partial charge in [-0.25, -0.2) is 4.79 Å². The predicted octanol–water partition coefficient (Wildman–Crippen LogP) is 5.24. The number of aryl methyl sites for hydroxylation is 1. The van der Waals surface area contributed by atoms with Crippen molar-refractivity contribution in [2.45, 2.75) is 91.5 Å². The lowest BCUT2D eigenvalue weighted by atomic mass is 9.47. The Balaban J connectivity index is 0.000000197. The van der Waals surface area contributed by atoms with Crippen LogP contribution in [-0.2, 0) is 11.2 Å². The minimum absolute atomic E-state index is 0.147. The zero-order valence-electron chi connectivity index (χ0n) is 25.1. The maximum absolute atomic E-state index is 11.7. The number of aromatic hydroxyl groups is 2. The fraction of sp³-hybridized carbons (Fsp3) is 0.613. The molecule has 4 N–H and O–H groups in total. The van der Waals surface area contributed by atoms with Crippen LogP contribution in [0.5, 0.6) is 11.5 Å². The van der Waals surface area contributed by atoms with Crippen LogP contribution in [0.15, 0.2) is 50.7 Å². The molecule has 228 valence electrons. The van der Waals surface area contributed by atoms with Gasteiger partial charge >= 0.3 is 5.69 Å². The second-order valence-electron chi connectivity index (χ2n) is 12.7. The molecule has 0 unspecified atom stereocenters. The molecule has 0 amide bonds. The highest BCUT2D eigenvalue weighted by Gasteiger charge is 2.53. The lowest BCUT2D eigenvalue weighted by Crippen LogP contribution is -2.50. The largest absolute Gasteiger partial charge is 0.508 e. The van der Waals surface area contributed by atoms with E-state index in [9.17, 15) is 19.8 Å². The number of H-pyrrole nitrogens is 1. The molecule has 1 aromatic heterocycles. The van der Waals surface area contributed by atoms with Crippen molar-refractivity contribution in [3.05, 3.63) is 78.5 Å². The van der Waals surface area contributed by atoms with Crippen molar-refractivity contribution in [1.29, 1.82) is 0 Å². The van der Waals surface area contributed by atoms with E-state index in [0.29, 0.717) is 23.1 Å². The first-order valence-corrected chi connectivity index (χ1v) is 14.6. The Morgan fingerprint density at radius 2 is 1.95 bits per heavy atom. The first-order valence-electron chi connectivity index (χ1n) is 14.6. The number of benzene rings is 1. The van der Waals surface area contributed by atoms with Crippen molar-refractivity contribution >= 4 is 0 Å². The van der Waals surface area contributed by atoms with E-state index in [1.54, 1.807) is 30.7 Å². The van der Waals surface area contributed by atoms with Gasteiger partial charge in [-0.3, -0.25) is 14.3 Å². The first-order chi connectivity index (χ1) is 19.8. The number of nitrogens with one attached hydrogen (secondary N) is 1. The summed E-state index contributed by atoms with van der Waals surface area (Å²) in [6, 6.07) is 4.37. The van der Waals surface area contributed by atoms with Crippen molar-refractivity contribution in [2.75, 3.05) is 6.61 Å². The third kappa shape index (κ3) is 6.00.